The van der Waals surface area contributed by atoms with Crippen LogP contribution in [0.15, 0.2) is 54.9 Å². The molecule has 2 rings (SSSR count). The van der Waals surface area contributed by atoms with Gasteiger partial charge in [0.1, 0.15) is 6.04 Å². The van der Waals surface area contributed by atoms with Crippen molar-refractivity contribution in [2.45, 2.75) is 12.6 Å². The van der Waals surface area contributed by atoms with Crippen LogP contribution in [0.5, 0.6) is 0 Å². The van der Waals surface area contributed by atoms with Crippen LogP contribution in [0.25, 0.3) is 0 Å². The molecule has 0 aliphatic rings. The second-order valence-corrected chi connectivity index (χ2v) is 3.71. The van der Waals surface area contributed by atoms with E-state index in [1.807, 2.05) is 42.5 Å². The van der Waals surface area contributed by atoms with Crippen molar-refractivity contribution in [2.24, 2.45) is 0 Å². The number of hydrogen-bond acceptors (Lipinski definition) is 3. The minimum Gasteiger partial charge on any atom is -0.294 e. The van der Waals surface area contributed by atoms with E-state index in [-0.39, 0.29) is 6.04 Å². The summed E-state index contributed by atoms with van der Waals surface area (Å²) < 4.78 is 0. The molecule has 2 aromatic rings. The van der Waals surface area contributed by atoms with Crippen molar-refractivity contribution >= 4 is 0 Å². The zero-order valence-corrected chi connectivity index (χ0v) is 9.38. The topological polar surface area (TPSA) is 48.7 Å². The summed E-state index contributed by atoms with van der Waals surface area (Å²) in [6, 6.07) is 15.6. The van der Waals surface area contributed by atoms with Crippen LogP contribution in [-0.4, -0.2) is 4.98 Å². The first-order valence-corrected chi connectivity index (χ1v) is 5.47. The summed E-state index contributed by atoms with van der Waals surface area (Å²) in [7, 11) is 0. The molecule has 1 unspecified atom stereocenters. The Morgan fingerprint density at radius 2 is 2.00 bits per heavy atom. The van der Waals surface area contributed by atoms with Crippen molar-refractivity contribution in [1.29, 1.82) is 5.26 Å². The largest absolute Gasteiger partial charge is 0.294 e. The maximum Gasteiger partial charge on any atom is 0.121 e. The molecule has 84 valence electrons. The Balaban J connectivity index is 2.01. The lowest BCUT2D eigenvalue weighted by Crippen LogP contribution is -2.19. The van der Waals surface area contributed by atoms with Gasteiger partial charge in [-0.3, -0.25) is 10.3 Å². The first-order chi connectivity index (χ1) is 8.40. The first kappa shape index (κ1) is 11.3. The highest BCUT2D eigenvalue weighted by atomic mass is 14.9. The van der Waals surface area contributed by atoms with Crippen molar-refractivity contribution in [1.82, 2.24) is 10.3 Å². The van der Waals surface area contributed by atoms with E-state index in [0.717, 1.165) is 11.1 Å². The lowest BCUT2D eigenvalue weighted by molar-refractivity contribution is 0.629. The molecule has 0 bridgehead atoms. The van der Waals surface area contributed by atoms with E-state index in [2.05, 4.69) is 16.4 Å². The second kappa shape index (κ2) is 5.78. The molecule has 0 radical (unpaired) electrons. The fraction of sp³-hybridized carbons (Fsp3) is 0.143. The van der Waals surface area contributed by atoms with E-state index in [4.69, 9.17) is 5.26 Å². The van der Waals surface area contributed by atoms with Crippen molar-refractivity contribution in [3.63, 3.8) is 0 Å². The third-order valence-electron chi connectivity index (χ3n) is 2.50. The average molecular weight is 223 g/mol. The molecule has 3 heteroatoms. The number of nitriles is 1. The summed E-state index contributed by atoms with van der Waals surface area (Å²) in [6.45, 7) is 0.640. The Labute approximate surface area is 101 Å². The number of pyridine rings is 1. The molecule has 0 amide bonds. The third-order valence-corrected chi connectivity index (χ3v) is 2.50. The highest BCUT2D eigenvalue weighted by molar-refractivity contribution is 5.24. The summed E-state index contributed by atoms with van der Waals surface area (Å²) in [5, 5.41) is 12.3. The lowest BCUT2D eigenvalue weighted by atomic mass is 10.1. The zero-order chi connectivity index (χ0) is 11.9. The minimum absolute atomic E-state index is 0.281. The summed E-state index contributed by atoms with van der Waals surface area (Å²) in [6.07, 6.45) is 3.54. The van der Waals surface area contributed by atoms with Gasteiger partial charge in [0.15, 0.2) is 0 Å². The molecule has 0 saturated heterocycles. The minimum atomic E-state index is -0.281. The van der Waals surface area contributed by atoms with Crippen molar-refractivity contribution in [2.75, 3.05) is 0 Å². The summed E-state index contributed by atoms with van der Waals surface area (Å²) in [5.74, 6) is 0. The smallest absolute Gasteiger partial charge is 0.121 e. The predicted octanol–water partition coefficient (Wildman–Crippen LogP) is 2.44. The van der Waals surface area contributed by atoms with Crippen molar-refractivity contribution in [3.8, 4) is 6.07 Å². The molecule has 1 heterocycles. The number of nitrogens with zero attached hydrogens (tertiary/aromatic N) is 2. The molecule has 0 fully saturated rings. The molecule has 0 aliphatic heterocycles. The SMILES string of the molecule is N#CC(NCc1cccnc1)c1ccccc1. The highest BCUT2D eigenvalue weighted by Gasteiger charge is 2.08. The Morgan fingerprint density at radius 3 is 2.65 bits per heavy atom. The Kier molecular flexibility index (Phi) is 3.85. The highest BCUT2D eigenvalue weighted by Crippen LogP contribution is 2.11. The fourth-order valence-electron chi connectivity index (χ4n) is 1.61. The predicted molar refractivity (Wildman–Crippen MR) is 65.9 cm³/mol. The van der Waals surface area contributed by atoms with Gasteiger partial charge in [-0.15, -0.1) is 0 Å². The van der Waals surface area contributed by atoms with E-state index in [1.165, 1.54) is 0 Å². The van der Waals surface area contributed by atoms with Gasteiger partial charge in [0.05, 0.1) is 6.07 Å². The number of rotatable bonds is 4. The molecule has 0 spiro atoms. The van der Waals surface area contributed by atoms with Crippen LogP contribution in [0, 0.1) is 11.3 Å². The van der Waals surface area contributed by atoms with Crippen molar-refractivity contribution in [3.05, 3.63) is 66.0 Å². The number of nitrogens with one attached hydrogen (secondary N) is 1. The Hall–Kier alpha value is -2.18. The van der Waals surface area contributed by atoms with Crippen LogP contribution in [-0.2, 0) is 6.54 Å². The molecule has 1 atom stereocenters. The molecule has 3 nitrogen and oxygen atoms in total. The maximum atomic E-state index is 9.13. The van der Waals surface area contributed by atoms with E-state index in [1.54, 1.807) is 12.4 Å². The zero-order valence-electron chi connectivity index (χ0n) is 9.38. The third kappa shape index (κ3) is 3.13. The van der Waals surface area contributed by atoms with Gasteiger partial charge in [-0.2, -0.15) is 5.26 Å². The van der Waals surface area contributed by atoms with Crippen LogP contribution in [0.4, 0.5) is 0 Å². The summed E-state index contributed by atoms with van der Waals surface area (Å²) in [5.41, 5.74) is 2.06. The van der Waals surface area contributed by atoms with Gasteiger partial charge in [-0.1, -0.05) is 36.4 Å². The van der Waals surface area contributed by atoms with Gasteiger partial charge >= 0.3 is 0 Å². The monoisotopic (exact) mass is 223 g/mol. The maximum absolute atomic E-state index is 9.13. The van der Waals surface area contributed by atoms with Gasteiger partial charge in [0.25, 0.3) is 0 Å². The number of aromatic nitrogens is 1. The first-order valence-electron chi connectivity index (χ1n) is 5.47. The van der Waals surface area contributed by atoms with Crippen LogP contribution >= 0.6 is 0 Å². The molecule has 0 aliphatic carbocycles. The molecule has 1 N–H and O–H groups in total. The average Bonchev–Trinajstić information content (AvgIpc) is 2.42. The van der Waals surface area contributed by atoms with Crippen LogP contribution in [0.1, 0.15) is 17.2 Å². The molecule has 1 aromatic carbocycles. The molecular formula is C14H13N3. The summed E-state index contributed by atoms with van der Waals surface area (Å²) in [4.78, 5) is 4.04. The van der Waals surface area contributed by atoms with Gasteiger partial charge in [0.2, 0.25) is 0 Å². The van der Waals surface area contributed by atoms with Crippen LogP contribution < -0.4 is 5.32 Å². The fourth-order valence-corrected chi connectivity index (χ4v) is 1.61. The van der Waals surface area contributed by atoms with Crippen LogP contribution in [0.2, 0.25) is 0 Å². The van der Waals surface area contributed by atoms with E-state index >= 15 is 0 Å². The standard InChI is InChI=1S/C14H13N3/c15-9-14(13-6-2-1-3-7-13)17-11-12-5-4-8-16-10-12/h1-8,10,14,17H,11H2. The van der Waals surface area contributed by atoms with Crippen LogP contribution in [0.3, 0.4) is 0 Å². The molecular weight excluding hydrogens is 210 g/mol. The van der Waals surface area contributed by atoms with E-state index in [0.29, 0.717) is 6.54 Å². The van der Waals surface area contributed by atoms with Gasteiger partial charge in [-0.05, 0) is 17.2 Å². The summed E-state index contributed by atoms with van der Waals surface area (Å²) >= 11 is 0. The Morgan fingerprint density at radius 1 is 1.18 bits per heavy atom. The van der Waals surface area contributed by atoms with E-state index < -0.39 is 0 Å². The van der Waals surface area contributed by atoms with E-state index in [9.17, 15) is 0 Å². The lowest BCUT2D eigenvalue weighted by Gasteiger charge is -2.11. The Bertz CT molecular complexity index is 488. The van der Waals surface area contributed by atoms with Crippen molar-refractivity contribution < 1.29 is 0 Å². The second-order valence-electron chi connectivity index (χ2n) is 3.71. The number of hydrogen-bond donors (Lipinski definition) is 1. The van der Waals surface area contributed by atoms with Gasteiger partial charge < -0.3 is 0 Å². The molecule has 1 aromatic heterocycles. The normalized spacial score (nSPS) is 11.7. The quantitative estimate of drug-likeness (QED) is 0.866. The van der Waals surface area contributed by atoms with Gasteiger partial charge in [0, 0.05) is 18.9 Å². The molecule has 17 heavy (non-hydrogen) atoms. The van der Waals surface area contributed by atoms with Gasteiger partial charge in [-0.25, -0.2) is 0 Å². The number of benzene rings is 1. The molecule has 0 saturated carbocycles.